The van der Waals surface area contributed by atoms with Crippen molar-refractivity contribution in [3.63, 3.8) is 0 Å². The van der Waals surface area contributed by atoms with Crippen LogP contribution in [0.4, 0.5) is 0 Å². The molecular weight excluding hydrogens is 424 g/mol. The number of halogens is 1. The highest BCUT2D eigenvalue weighted by molar-refractivity contribution is 9.12. The van der Waals surface area contributed by atoms with Crippen molar-refractivity contribution in [1.82, 2.24) is 0 Å². The molecule has 1 spiro atoms. The Morgan fingerprint density at radius 1 is 0.893 bits per heavy atom. The van der Waals surface area contributed by atoms with Crippen molar-refractivity contribution in [2.75, 3.05) is 7.11 Å². The zero-order chi connectivity index (χ0) is 19.5. The van der Waals surface area contributed by atoms with Crippen LogP contribution in [0.25, 0.3) is 0 Å². The molecule has 0 amide bonds. The van der Waals surface area contributed by atoms with E-state index in [2.05, 4.69) is 15.9 Å². The Balaban J connectivity index is 1.68. The summed E-state index contributed by atoms with van der Waals surface area (Å²) in [5.74, 6) is -2.20. The molecule has 1 aromatic carbocycles. The Morgan fingerprint density at radius 3 is 2.21 bits per heavy atom. The molecular formula is C22H11BrO5. The highest BCUT2D eigenvalue weighted by atomic mass is 79.9. The van der Waals surface area contributed by atoms with E-state index in [0.717, 1.165) is 11.1 Å². The summed E-state index contributed by atoms with van der Waals surface area (Å²) in [4.78, 5) is 51.9. The largest absolute Gasteiger partial charge is 0.491 e. The second-order valence-electron chi connectivity index (χ2n) is 7.51. The van der Waals surface area contributed by atoms with Gasteiger partial charge in [-0.1, -0.05) is 24.3 Å². The van der Waals surface area contributed by atoms with Gasteiger partial charge < -0.3 is 4.74 Å². The van der Waals surface area contributed by atoms with Gasteiger partial charge >= 0.3 is 0 Å². The highest BCUT2D eigenvalue weighted by Crippen LogP contribution is 2.77. The first-order valence-corrected chi connectivity index (χ1v) is 9.63. The van der Waals surface area contributed by atoms with E-state index < -0.39 is 17.1 Å². The summed E-state index contributed by atoms with van der Waals surface area (Å²) in [6, 6.07) is 7.60. The highest BCUT2D eigenvalue weighted by Gasteiger charge is 2.76. The third-order valence-electron chi connectivity index (χ3n) is 6.67. The Kier molecular flexibility index (Phi) is 2.74. The Bertz CT molecular complexity index is 1240. The molecule has 5 nitrogen and oxygen atoms in total. The number of allylic oxidation sites excluding steroid dienone is 7. The zero-order valence-electron chi connectivity index (χ0n) is 14.5. The molecule has 0 aromatic heterocycles. The Hall–Kier alpha value is -2.86. The van der Waals surface area contributed by atoms with Gasteiger partial charge in [0.25, 0.3) is 0 Å². The first-order chi connectivity index (χ1) is 13.5. The smallest absolute Gasteiger partial charge is 0.225 e. The molecule has 5 aliphatic carbocycles. The van der Waals surface area contributed by atoms with E-state index in [9.17, 15) is 19.2 Å². The van der Waals surface area contributed by atoms with Gasteiger partial charge in [-0.15, -0.1) is 0 Å². The lowest BCUT2D eigenvalue weighted by Gasteiger charge is -2.59. The Morgan fingerprint density at radius 2 is 1.54 bits per heavy atom. The molecule has 0 bridgehead atoms. The van der Waals surface area contributed by atoms with Crippen LogP contribution in [0, 0.1) is 5.92 Å². The van der Waals surface area contributed by atoms with Crippen molar-refractivity contribution in [2.24, 2.45) is 5.92 Å². The molecule has 0 saturated heterocycles. The van der Waals surface area contributed by atoms with Crippen LogP contribution in [-0.2, 0) is 29.3 Å². The second kappa shape index (κ2) is 4.75. The monoisotopic (exact) mass is 434 g/mol. The summed E-state index contributed by atoms with van der Waals surface area (Å²) in [6.45, 7) is 0. The predicted octanol–water partition coefficient (Wildman–Crippen LogP) is 2.37. The third kappa shape index (κ3) is 1.37. The van der Waals surface area contributed by atoms with Crippen molar-refractivity contribution in [1.29, 1.82) is 0 Å². The molecule has 5 aliphatic rings. The first-order valence-electron chi connectivity index (χ1n) is 8.84. The average molecular weight is 435 g/mol. The van der Waals surface area contributed by atoms with E-state index in [1.54, 1.807) is 0 Å². The maximum atomic E-state index is 13.2. The summed E-state index contributed by atoms with van der Waals surface area (Å²) in [5.41, 5.74) is 2.54. The van der Waals surface area contributed by atoms with E-state index in [1.165, 1.54) is 19.3 Å². The lowest BCUT2D eigenvalue weighted by atomic mass is 9.40. The average Bonchev–Trinajstić information content (AvgIpc) is 2.87. The van der Waals surface area contributed by atoms with E-state index in [-0.39, 0.29) is 33.5 Å². The standard InChI is InChI=1S/C22H11BrO5/c1-28-21-18(23)20(27)17-14(19(21)26)16-13-11(25)7-6-10(24)12(13)15-8-4-2-3-5-9(8)22(15,16)17/h2-7,15-16H,1H3. The maximum Gasteiger partial charge on any atom is 0.225 e. The normalized spacial score (nSPS) is 31.8. The van der Waals surface area contributed by atoms with Crippen LogP contribution in [0.1, 0.15) is 17.0 Å². The van der Waals surface area contributed by atoms with Crippen molar-refractivity contribution < 1.29 is 23.9 Å². The number of hydrogen-bond acceptors (Lipinski definition) is 5. The van der Waals surface area contributed by atoms with Gasteiger partial charge in [0, 0.05) is 39.5 Å². The summed E-state index contributed by atoms with van der Waals surface area (Å²) in [6.07, 6.45) is 2.55. The van der Waals surface area contributed by atoms with Crippen LogP contribution in [0.5, 0.6) is 0 Å². The van der Waals surface area contributed by atoms with E-state index >= 15 is 0 Å². The number of carbonyl (C=O) groups is 4. The molecule has 0 heterocycles. The van der Waals surface area contributed by atoms with Crippen molar-refractivity contribution in [3.8, 4) is 0 Å². The molecule has 3 unspecified atom stereocenters. The molecule has 0 N–H and O–H groups in total. The molecule has 6 heteroatoms. The minimum absolute atomic E-state index is 0.0538. The van der Waals surface area contributed by atoms with Crippen molar-refractivity contribution in [2.45, 2.75) is 11.3 Å². The lowest BCUT2D eigenvalue weighted by molar-refractivity contribution is -0.121. The van der Waals surface area contributed by atoms with Gasteiger partial charge in [0.1, 0.15) is 4.48 Å². The molecule has 136 valence electrons. The maximum absolute atomic E-state index is 13.2. The molecule has 0 fully saturated rings. The third-order valence-corrected chi connectivity index (χ3v) is 7.39. The molecule has 1 aromatic rings. The summed E-state index contributed by atoms with van der Waals surface area (Å²) >= 11 is 3.22. The number of methoxy groups -OCH3 is 1. The van der Waals surface area contributed by atoms with Gasteiger partial charge in [-0.25, -0.2) is 0 Å². The number of rotatable bonds is 1. The SMILES string of the molecule is COC1=C(Br)C(=O)C2=C(C1=O)C1C3=C(C(=O)C=CC3=O)C3c4ccccc4C213. The minimum Gasteiger partial charge on any atom is -0.491 e. The van der Waals surface area contributed by atoms with Gasteiger partial charge in [-0.05, 0) is 39.2 Å². The van der Waals surface area contributed by atoms with E-state index in [4.69, 9.17) is 4.74 Å². The molecule has 0 radical (unpaired) electrons. The van der Waals surface area contributed by atoms with Crippen LogP contribution in [0.3, 0.4) is 0 Å². The van der Waals surface area contributed by atoms with Crippen LogP contribution in [-0.4, -0.2) is 30.2 Å². The number of benzene rings is 1. The molecule has 28 heavy (non-hydrogen) atoms. The summed E-state index contributed by atoms with van der Waals surface area (Å²) < 4.78 is 5.26. The van der Waals surface area contributed by atoms with Crippen molar-refractivity contribution >= 4 is 39.1 Å². The van der Waals surface area contributed by atoms with Gasteiger partial charge in [-0.3, -0.25) is 19.2 Å². The number of ketones is 4. The van der Waals surface area contributed by atoms with Gasteiger partial charge in [0.2, 0.25) is 11.6 Å². The van der Waals surface area contributed by atoms with Crippen LogP contribution < -0.4 is 0 Å². The van der Waals surface area contributed by atoms with Gasteiger partial charge in [0.05, 0.1) is 7.11 Å². The molecule has 0 aliphatic heterocycles. The van der Waals surface area contributed by atoms with E-state index in [0.29, 0.717) is 22.3 Å². The fraction of sp³-hybridized carbons (Fsp3) is 0.182. The zero-order valence-corrected chi connectivity index (χ0v) is 16.1. The second-order valence-corrected chi connectivity index (χ2v) is 8.30. The topological polar surface area (TPSA) is 77.5 Å². The van der Waals surface area contributed by atoms with Crippen molar-refractivity contribution in [3.05, 3.63) is 80.1 Å². The molecule has 0 saturated carbocycles. The number of carbonyl (C=O) groups excluding carboxylic acids is 4. The first kappa shape index (κ1) is 16.1. The van der Waals surface area contributed by atoms with Gasteiger partial charge in [0.15, 0.2) is 17.3 Å². The summed E-state index contributed by atoms with van der Waals surface area (Å²) in [5, 5.41) is 0. The van der Waals surface area contributed by atoms with Crippen LogP contribution in [0.2, 0.25) is 0 Å². The molecule has 6 rings (SSSR count). The van der Waals surface area contributed by atoms with Gasteiger partial charge in [-0.2, -0.15) is 0 Å². The lowest BCUT2D eigenvalue weighted by Crippen LogP contribution is -2.60. The Labute approximate surface area is 167 Å². The number of ether oxygens (including phenoxy) is 1. The molecule has 3 atom stereocenters. The van der Waals surface area contributed by atoms with Crippen LogP contribution >= 0.6 is 15.9 Å². The number of hydrogen-bond donors (Lipinski definition) is 0. The van der Waals surface area contributed by atoms with Crippen LogP contribution in [0.15, 0.2) is 69.0 Å². The quantitative estimate of drug-likeness (QED) is 0.634. The number of Topliss-reactive ketones (excluding diaryl/α,β-unsaturated/α-hetero) is 2. The summed E-state index contributed by atoms with van der Waals surface area (Å²) in [7, 11) is 1.33. The fourth-order valence-electron chi connectivity index (χ4n) is 5.83. The minimum atomic E-state index is -0.807. The fourth-order valence-corrected chi connectivity index (χ4v) is 6.37. The number of fused-ring (bicyclic) bond motifs is 5. The van der Waals surface area contributed by atoms with E-state index in [1.807, 2.05) is 24.3 Å². The predicted molar refractivity (Wildman–Crippen MR) is 101 cm³/mol.